The molecule has 12 heavy (non-hydrogen) atoms. The van der Waals surface area contributed by atoms with Gasteiger partial charge in [-0.25, -0.2) is 4.63 Å². The van der Waals surface area contributed by atoms with Crippen LogP contribution in [0.2, 0.25) is 0 Å². The van der Waals surface area contributed by atoms with Crippen molar-refractivity contribution in [1.82, 2.24) is 10.3 Å². The van der Waals surface area contributed by atoms with Crippen molar-refractivity contribution in [2.45, 2.75) is 20.3 Å². The number of fused-ring (bicyclic) bond motifs is 1. The minimum Gasteiger partial charge on any atom is -0.244 e. The van der Waals surface area contributed by atoms with Crippen molar-refractivity contribution in [3.05, 3.63) is 11.4 Å². The van der Waals surface area contributed by atoms with E-state index in [9.17, 15) is 0 Å². The van der Waals surface area contributed by atoms with Gasteiger partial charge in [-0.3, -0.25) is 0 Å². The number of hydrogen-bond acceptors (Lipinski definition) is 5. The van der Waals surface area contributed by atoms with Gasteiger partial charge in [0.25, 0.3) is 0 Å². The quantitative estimate of drug-likeness (QED) is 0.570. The monoisotopic (exact) mass is 164 g/mol. The van der Waals surface area contributed by atoms with Crippen LogP contribution >= 0.6 is 0 Å². The molecule has 5 nitrogen and oxygen atoms in total. The highest BCUT2D eigenvalue weighted by atomic mass is 16.6. The number of rotatable bonds is 0. The molecule has 2 rings (SSSR count). The summed E-state index contributed by atoms with van der Waals surface area (Å²) in [6.45, 7) is 3.74. The summed E-state index contributed by atoms with van der Waals surface area (Å²) in [5.41, 5.74) is 3.21. The second kappa shape index (κ2) is 2.51. The van der Waals surface area contributed by atoms with E-state index >= 15 is 0 Å². The first-order valence-electron chi connectivity index (χ1n) is 3.67. The van der Waals surface area contributed by atoms with E-state index < -0.39 is 0 Å². The summed E-state index contributed by atoms with van der Waals surface area (Å²) >= 11 is 0. The molecule has 0 radical (unpaired) electrons. The third-order valence-corrected chi connectivity index (χ3v) is 1.69. The Balaban J connectivity index is 2.54. The molecule has 2 heterocycles. The smallest absolute Gasteiger partial charge is 0.154 e. The fraction of sp³-hybridized carbons (Fsp3) is 0.429. The van der Waals surface area contributed by atoms with Gasteiger partial charge in [0.15, 0.2) is 5.69 Å². The predicted molar refractivity (Wildman–Crippen MR) is 43.3 cm³/mol. The molecule has 0 aliphatic carbocycles. The zero-order valence-corrected chi connectivity index (χ0v) is 6.90. The van der Waals surface area contributed by atoms with Crippen LogP contribution in [0.4, 0.5) is 0 Å². The van der Waals surface area contributed by atoms with Crippen molar-refractivity contribution < 1.29 is 4.63 Å². The van der Waals surface area contributed by atoms with Gasteiger partial charge in [0.2, 0.25) is 0 Å². The Kier molecular flexibility index (Phi) is 1.49. The predicted octanol–water partition coefficient (Wildman–Crippen LogP) is 0.811. The third kappa shape index (κ3) is 1.03. The van der Waals surface area contributed by atoms with Crippen molar-refractivity contribution in [3.8, 4) is 0 Å². The van der Waals surface area contributed by atoms with E-state index in [1.807, 2.05) is 13.8 Å². The highest BCUT2D eigenvalue weighted by molar-refractivity contribution is 6.00. The van der Waals surface area contributed by atoms with Gasteiger partial charge in [0.05, 0.1) is 5.71 Å². The number of aromatic nitrogens is 2. The molecular weight excluding hydrogens is 156 g/mol. The summed E-state index contributed by atoms with van der Waals surface area (Å²) in [5, 5.41) is 15.4. The molecule has 0 spiro atoms. The summed E-state index contributed by atoms with van der Waals surface area (Å²) in [5.74, 6) is 0. The highest BCUT2D eigenvalue weighted by Gasteiger charge is 2.16. The van der Waals surface area contributed by atoms with Crippen LogP contribution in [-0.4, -0.2) is 21.7 Å². The molecule has 0 unspecified atom stereocenters. The Morgan fingerprint density at radius 1 is 1.17 bits per heavy atom. The van der Waals surface area contributed by atoms with Gasteiger partial charge in [-0.05, 0) is 19.0 Å². The van der Waals surface area contributed by atoms with Gasteiger partial charge in [0, 0.05) is 12.1 Å². The first-order valence-corrected chi connectivity index (χ1v) is 3.67. The van der Waals surface area contributed by atoms with Crippen LogP contribution in [0, 0.1) is 0 Å². The van der Waals surface area contributed by atoms with Crippen molar-refractivity contribution in [2.24, 2.45) is 10.2 Å². The fourth-order valence-corrected chi connectivity index (χ4v) is 1.08. The molecule has 0 saturated heterocycles. The topological polar surface area (TPSA) is 63.6 Å². The second-order valence-corrected chi connectivity index (χ2v) is 2.76. The highest BCUT2D eigenvalue weighted by Crippen LogP contribution is 2.09. The fourth-order valence-electron chi connectivity index (χ4n) is 1.08. The molecule has 0 atom stereocenters. The molecule has 5 heteroatoms. The number of hydrogen-bond donors (Lipinski definition) is 0. The lowest BCUT2D eigenvalue weighted by atomic mass is 10.1. The SMILES string of the molecule is CC1=NN=C(C)c2nonc2C1. The van der Waals surface area contributed by atoms with Gasteiger partial charge in [-0.15, -0.1) is 0 Å². The normalized spacial score (nSPS) is 16.2. The summed E-state index contributed by atoms with van der Waals surface area (Å²) < 4.78 is 4.61. The maximum Gasteiger partial charge on any atom is 0.154 e. The zero-order valence-electron chi connectivity index (χ0n) is 6.90. The van der Waals surface area contributed by atoms with E-state index in [4.69, 9.17) is 0 Å². The van der Waals surface area contributed by atoms with Crippen LogP contribution in [0.1, 0.15) is 25.2 Å². The summed E-state index contributed by atoms with van der Waals surface area (Å²) in [7, 11) is 0. The Hall–Kier alpha value is -1.52. The van der Waals surface area contributed by atoms with Crippen LogP contribution in [0.3, 0.4) is 0 Å². The second-order valence-electron chi connectivity index (χ2n) is 2.76. The van der Waals surface area contributed by atoms with E-state index in [-0.39, 0.29) is 0 Å². The Labute approximate surface area is 69.1 Å². The minimum absolute atomic E-state index is 0.666. The van der Waals surface area contributed by atoms with Crippen LogP contribution in [0.5, 0.6) is 0 Å². The molecule has 0 N–H and O–H groups in total. The summed E-state index contributed by atoms with van der Waals surface area (Å²) in [6.07, 6.45) is 0.666. The lowest BCUT2D eigenvalue weighted by molar-refractivity contribution is 0.303. The maximum absolute atomic E-state index is 4.61. The van der Waals surface area contributed by atoms with Gasteiger partial charge in [0.1, 0.15) is 5.69 Å². The Morgan fingerprint density at radius 2 is 2.00 bits per heavy atom. The Morgan fingerprint density at radius 3 is 2.83 bits per heavy atom. The lowest BCUT2D eigenvalue weighted by Gasteiger charge is -1.89. The Bertz CT molecular complexity index is 363. The standard InChI is InChI=1S/C7H8N4O/c1-4-3-6-7(11-12-10-6)5(2)9-8-4/h3H2,1-2H3. The minimum atomic E-state index is 0.666. The van der Waals surface area contributed by atoms with E-state index in [0.717, 1.165) is 22.8 Å². The average Bonchev–Trinajstić information content (AvgIpc) is 2.44. The lowest BCUT2D eigenvalue weighted by Crippen LogP contribution is -2.00. The molecule has 0 amide bonds. The summed E-state index contributed by atoms with van der Waals surface area (Å²) in [4.78, 5) is 0. The molecule has 62 valence electrons. The van der Waals surface area contributed by atoms with Gasteiger partial charge in [-0.1, -0.05) is 5.16 Å². The van der Waals surface area contributed by atoms with E-state index in [0.29, 0.717) is 6.42 Å². The van der Waals surface area contributed by atoms with Gasteiger partial charge in [-0.2, -0.15) is 10.2 Å². The van der Waals surface area contributed by atoms with Crippen molar-refractivity contribution >= 4 is 11.4 Å². The van der Waals surface area contributed by atoms with E-state index in [1.165, 1.54) is 0 Å². The van der Waals surface area contributed by atoms with E-state index in [1.54, 1.807) is 0 Å². The van der Waals surface area contributed by atoms with Crippen molar-refractivity contribution in [3.63, 3.8) is 0 Å². The molecule has 1 aliphatic rings. The molecule has 0 fully saturated rings. The zero-order chi connectivity index (χ0) is 8.55. The largest absolute Gasteiger partial charge is 0.244 e. The van der Waals surface area contributed by atoms with Crippen LogP contribution in [0.25, 0.3) is 0 Å². The molecule has 1 aromatic rings. The van der Waals surface area contributed by atoms with Crippen LogP contribution in [0.15, 0.2) is 14.8 Å². The van der Waals surface area contributed by atoms with Crippen molar-refractivity contribution in [1.29, 1.82) is 0 Å². The van der Waals surface area contributed by atoms with Crippen molar-refractivity contribution in [2.75, 3.05) is 0 Å². The van der Waals surface area contributed by atoms with Gasteiger partial charge < -0.3 is 0 Å². The first kappa shape index (κ1) is 7.15. The van der Waals surface area contributed by atoms with Gasteiger partial charge >= 0.3 is 0 Å². The molecular formula is C7H8N4O. The number of nitrogens with zero attached hydrogens (tertiary/aromatic N) is 4. The molecule has 0 saturated carbocycles. The third-order valence-electron chi connectivity index (χ3n) is 1.69. The molecule has 1 aliphatic heterocycles. The first-order chi connectivity index (χ1) is 5.77. The molecule has 1 aromatic heterocycles. The van der Waals surface area contributed by atoms with Crippen LogP contribution in [-0.2, 0) is 6.42 Å². The molecule has 0 bridgehead atoms. The maximum atomic E-state index is 4.61. The molecule has 0 aromatic carbocycles. The average molecular weight is 164 g/mol. The summed E-state index contributed by atoms with van der Waals surface area (Å²) in [6, 6.07) is 0. The van der Waals surface area contributed by atoms with Crippen LogP contribution < -0.4 is 0 Å². The van der Waals surface area contributed by atoms with E-state index in [2.05, 4.69) is 25.1 Å².